The first-order valence-corrected chi connectivity index (χ1v) is 16.9. The van der Waals surface area contributed by atoms with Crippen molar-refractivity contribution in [3.05, 3.63) is 88.9 Å². The summed E-state index contributed by atoms with van der Waals surface area (Å²) in [5.74, 6) is -4.85. The molecule has 2 fully saturated rings. The molecule has 0 unspecified atom stereocenters. The van der Waals surface area contributed by atoms with E-state index in [1.807, 2.05) is 0 Å². The Morgan fingerprint density at radius 1 is 0.932 bits per heavy atom. The van der Waals surface area contributed by atoms with Gasteiger partial charge in [-0.25, -0.2) is 8.42 Å². The molecule has 236 valence electrons. The van der Waals surface area contributed by atoms with Gasteiger partial charge in [-0.15, -0.1) is 0 Å². The number of sulfonamides is 1. The van der Waals surface area contributed by atoms with Crippen molar-refractivity contribution in [3.63, 3.8) is 0 Å². The number of nitrogens with one attached hydrogen (secondary N) is 1. The van der Waals surface area contributed by atoms with Crippen molar-refractivity contribution >= 4 is 27.5 Å². The van der Waals surface area contributed by atoms with Gasteiger partial charge < -0.3 is 15.4 Å². The molecular formula is C33H38ClF2N3O4S. The molecule has 3 aromatic rings. The number of hydrogen-bond acceptors (Lipinski definition) is 5. The van der Waals surface area contributed by atoms with Crippen molar-refractivity contribution in [3.8, 4) is 11.1 Å². The smallest absolute Gasteiger partial charge is 0.298 e. The van der Waals surface area contributed by atoms with Crippen LogP contribution in [0, 0.1) is 0 Å². The highest BCUT2D eigenvalue weighted by molar-refractivity contribution is 7.89. The number of amides is 1. The van der Waals surface area contributed by atoms with E-state index in [1.165, 1.54) is 54.1 Å². The number of nitrogens with zero attached hydrogens (tertiary/aromatic N) is 1. The molecule has 5 rings (SSSR count). The van der Waals surface area contributed by atoms with Crippen molar-refractivity contribution < 1.29 is 26.7 Å². The molecule has 1 saturated carbocycles. The molecule has 7 nitrogen and oxygen atoms in total. The second kappa shape index (κ2) is 14.0. The molecule has 0 radical (unpaired) electrons. The van der Waals surface area contributed by atoms with E-state index >= 15 is 8.78 Å². The number of carbonyl (C=O) groups excluding carboxylic acids is 1. The summed E-state index contributed by atoms with van der Waals surface area (Å²) in [4.78, 5) is 14.6. The van der Waals surface area contributed by atoms with Crippen LogP contribution in [0.1, 0.15) is 49.7 Å². The average Bonchev–Trinajstić information content (AvgIpc) is 3.54. The number of hydrogen-bond donors (Lipinski definition) is 2. The highest BCUT2D eigenvalue weighted by Crippen LogP contribution is 2.36. The van der Waals surface area contributed by atoms with Crippen LogP contribution in [0.2, 0.25) is 5.02 Å². The topological polar surface area (TPSA) is 102 Å². The number of alkyl halides is 2. The van der Waals surface area contributed by atoms with E-state index in [-0.39, 0.29) is 30.1 Å². The molecule has 2 aliphatic rings. The molecule has 1 aliphatic heterocycles. The fourth-order valence-corrected chi connectivity index (χ4v) is 7.05. The summed E-state index contributed by atoms with van der Waals surface area (Å²) in [6.45, 7) is 0.858. The number of likely N-dealkylation sites (tertiary alicyclic amines) is 1. The Morgan fingerprint density at radius 3 is 2.09 bits per heavy atom. The summed E-state index contributed by atoms with van der Waals surface area (Å²) < 4.78 is 67.3. The standard InChI is InChI=1S/C33H38ClF2N3O4S/c34-27-13-9-25(10-14-27)24-7-11-26(12-8-24)33(35,36)31(32(40)39-20-17-28(37)18-21-39)38-44(41,42)30-15-5-23(6-16-30)19-22-43-29-3-1-2-4-29/h5-16,28-29,31,38H,1-4,17-22,37H2/t31-/m1/s1. The average molecular weight is 646 g/mol. The zero-order valence-electron chi connectivity index (χ0n) is 24.4. The minimum Gasteiger partial charge on any atom is -0.378 e. The molecule has 44 heavy (non-hydrogen) atoms. The molecule has 1 heterocycles. The molecule has 1 amide bonds. The summed E-state index contributed by atoms with van der Waals surface area (Å²) >= 11 is 5.96. The van der Waals surface area contributed by atoms with Crippen LogP contribution < -0.4 is 10.5 Å². The lowest BCUT2D eigenvalue weighted by Crippen LogP contribution is -2.57. The molecule has 0 bridgehead atoms. The van der Waals surface area contributed by atoms with Crippen molar-refractivity contribution in [2.24, 2.45) is 5.73 Å². The maximum absolute atomic E-state index is 16.2. The molecule has 3 N–H and O–H groups in total. The van der Waals surface area contributed by atoms with Crippen molar-refractivity contribution in [2.45, 2.75) is 74.0 Å². The Balaban J connectivity index is 1.36. The third-order valence-electron chi connectivity index (χ3n) is 8.46. The van der Waals surface area contributed by atoms with E-state index in [2.05, 4.69) is 4.72 Å². The SMILES string of the molecule is NC1CCN(C(=O)[C@@H](NS(=O)(=O)c2ccc(CCOC3CCCC3)cc2)C(F)(F)c2ccc(-c3ccc(Cl)cc3)cc2)CC1. The van der Waals surface area contributed by atoms with Gasteiger partial charge in [0.1, 0.15) is 0 Å². The highest BCUT2D eigenvalue weighted by Gasteiger charge is 2.50. The quantitative estimate of drug-likeness (QED) is 0.271. The monoisotopic (exact) mass is 645 g/mol. The van der Waals surface area contributed by atoms with Crippen LogP contribution in [-0.4, -0.2) is 57.1 Å². The first kappa shape index (κ1) is 32.5. The van der Waals surface area contributed by atoms with Crippen LogP contribution in [0.5, 0.6) is 0 Å². The molecule has 1 aliphatic carbocycles. The lowest BCUT2D eigenvalue weighted by molar-refractivity contribution is -0.145. The Kier molecular flexibility index (Phi) is 10.4. The molecule has 3 aromatic carbocycles. The van der Waals surface area contributed by atoms with Gasteiger partial charge in [0.2, 0.25) is 15.9 Å². The van der Waals surface area contributed by atoms with E-state index < -0.39 is 33.5 Å². The normalized spacial score (nSPS) is 17.6. The molecule has 0 aromatic heterocycles. The number of carbonyl (C=O) groups is 1. The Bertz CT molecular complexity index is 1510. The highest BCUT2D eigenvalue weighted by atomic mass is 35.5. The summed E-state index contributed by atoms with van der Waals surface area (Å²) in [5, 5.41) is 0.548. The van der Waals surface area contributed by atoms with Gasteiger partial charge in [-0.2, -0.15) is 13.5 Å². The van der Waals surface area contributed by atoms with E-state index in [0.717, 1.165) is 24.0 Å². The lowest BCUT2D eigenvalue weighted by atomic mass is 9.96. The predicted octanol–water partition coefficient (Wildman–Crippen LogP) is 5.90. The van der Waals surface area contributed by atoms with Gasteiger partial charge in [0.25, 0.3) is 5.92 Å². The summed E-state index contributed by atoms with van der Waals surface area (Å²) in [5.41, 5.74) is 7.79. The number of nitrogens with two attached hydrogens (primary N) is 1. The van der Waals surface area contributed by atoms with Gasteiger partial charge in [-0.3, -0.25) is 4.79 Å². The molecule has 11 heteroatoms. The van der Waals surface area contributed by atoms with Crippen LogP contribution in [-0.2, 0) is 31.9 Å². The largest absolute Gasteiger partial charge is 0.378 e. The Hall–Kier alpha value is -2.89. The number of ether oxygens (including phenoxy) is 1. The van der Waals surface area contributed by atoms with Gasteiger partial charge in [0.05, 0.1) is 17.6 Å². The van der Waals surface area contributed by atoms with E-state index in [0.29, 0.717) is 36.5 Å². The van der Waals surface area contributed by atoms with Crippen molar-refractivity contribution in [1.29, 1.82) is 0 Å². The van der Waals surface area contributed by atoms with Gasteiger partial charge in [0, 0.05) is 29.7 Å². The van der Waals surface area contributed by atoms with Gasteiger partial charge in [0.15, 0.2) is 6.04 Å². The van der Waals surface area contributed by atoms with Crippen LogP contribution in [0.25, 0.3) is 11.1 Å². The van der Waals surface area contributed by atoms with E-state index in [1.54, 1.807) is 36.4 Å². The summed E-state index contributed by atoms with van der Waals surface area (Å²) in [6, 6.07) is 15.9. The minimum absolute atomic E-state index is 0.141. The van der Waals surface area contributed by atoms with Crippen LogP contribution in [0.3, 0.4) is 0 Å². The first-order chi connectivity index (χ1) is 21.0. The van der Waals surface area contributed by atoms with E-state index in [9.17, 15) is 13.2 Å². The molecular weight excluding hydrogens is 608 g/mol. The predicted molar refractivity (Wildman–Crippen MR) is 167 cm³/mol. The number of benzene rings is 3. The maximum Gasteiger partial charge on any atom is 0.298 e. The Labute approximate surface area is 262 Å². The summed E-state index contributed by atoms with van der Waals surface area (Å²) in [7, 11) is -4.50. The number of rotatable bonds is 11. The fraction of sp³-hybridized carbons (Fsp3) is 0.424. The molecule has 0 spiro atoms. The van der Waals surface area contributed by atoms with Crippen LogP contribution >= 0.6 is 11.6 Å². The van der Waals surface area contributed by atoms with Crippen molar-refractivity contribution in [2.75, 3.05) is 19.7 Å². The van der Waals surface area contributed by atoms with Crippen molar-refractivity contribution in [1.82, 2.24) is 9.62 Å². The van der Waals surface area contributed by atoms with Gasteiger partial charge >= 0.3 is 0 Å². The van der Waals surface area contributed by atoms with Crippen LogP contribution in [0.15, 0.2) is 77.7 Å². The van der Waals surface area contributed by atoms with E-state index in [4.69, 9.17) is 22.1 Å². The van der Waals surface area contributed by atoms with Crippen LogP contribution in [0.4, 0.5) is 8.78 Å². The number of halogens is 3. The Morgan fingerprint density at radius 2 is 1.50 bits per heavy atom. The first-order valence-electron chi connectivity index (χ1n) is 15.0. The third-order valence-corrected chi connectivity index (χ3v) is 10.2. The third kappa shape index (κ3) is 7.84. The minimum atomic E-state index is -4.50. The van der Waals surface area contributed by atoms with Gasteiger partial charge in [-0.05, 0) is 73.1 Å². The second-order valence-corrected chi connectivity index (χ2v) is 13.7. The lowest BCUT2D eigenvalue weighted by Gasteiger charge is -2.35. The zero-order chi connectivity index (χ0) is 31.3. The second-order valence-electron chi connectivity index (χ2n) is 11.6. The maximum atomic E-state index is 16.2. The zero-order valence-corrected chi connectivity index (χ0v) is 26.0. The summed E-state index contributed by atoms with van der Waals surface area (Å²) in [6.07, 6.45) is 6.23. The molecule has 1 saturated heterocycles. The number of piperidine rings is 1. The van der Waals surface area contributed by atoms with Gasteiger partial charge in [-0.1, -0.05) is 73.0 Å². The molecule has 1 atom stereocenters. The fourth-order valence-electron chi connectivity index (χ4n) is 5.73.